The normalized spacial score (nSPS) is 13.4. The van der Waals surface area contributed by atoms with Gasteiger partial charge in [0.05, 0.1) is 0 Å². The number of pyridine rings is 1. The first-order valence-corrected chi connectivity index (χ1v) is 9.48. The number of anilines is 1. The minimum absolute atomic E-state index is 0.167. The standard InChI is InChI=1S/C13H12N2O.C9H17NO2/c1-15(10-16)13-9-12(7-8-14-13)11-5-3-2-4-6-11;1-9(2,3)12-8(11)10-6-4-5-7-10/h2-10H,1H3;4-7H2,1-3H3. The zero-order valence-electron chi connectivity index (χ0n) is 17.1. The molecule has 28 heavy (non-hydrogen) atoms. The highest BCUT2D eigenvalue weighted by atomic mass is 16.6. The van der Waals surface area contributed by atoms with Crippen molar-refractivity contribution in [3.05, 3.63) is 48.7 Å². The fourth-order valence-corrected chi connectivity index (χ4v) is 2.70. The van der Waals surface area contributed by atoms with Gasteiger partial charge in [0, 0.05) is 26.3 Å². The van der Waals surface area contributed by atoms with Gasteiger partial charge in [-0.3, -0.25) is 4.79 Å². The van der Waals surface area contributed by atoms with Gasteiger partial charge in [-0.1, -0.05) is 30.3 Å². The molecule has 0 aliphatic carbocycles. The van der Waals surface area contributed by atoms with E-state index in [1.807, 2.05) is 63.2 Å². The first-order valence-electron chi connectivity index (χ1n) is 9.48. The van der Waals surface area contributed by atoms with Crippen molar-refractivity contribution in [3.8, 4) is 11.1 Å². The number of benzene rings is 1. The molecule has 1 saturated heterocycles. The number of aromatic nitrogens is 1. The highest BCUT2D eigenvalue weighted by Gasteiger charge is 2.23. The van der Waals surface area contributed by atoms with Crippen LogP contribution in [0.2, 0.25) is 0 Å². The lowest BCUT2D eigenvalue weighted by molar-refractivity contribution is -0.107. The van der Waals surface area contributed by atoms with Gasteiger partial charge in [0.1, 0.15) is 11.4 Å². The van der Waals surface area contributed by atoms with Crippen molar-refractivity contribution in [2.24, 2.45) is 0 Å². The van der Waals surface area contributed by atoms with Crippen LogP contribution in [0.25, 0.3) is 11.1 Å². The zero-order chi connectivity index (χ0) is 20.6. The molecule has 0 saturated carbocycles. The van der Waals surface area contributed by atoms with E-state index in [2.05, 4.69) is 4.98 Å². The van der Waals surface area contributed by atoms with Gasteiger partial charge in [-0.25, -0.2) is 9.78 Å². The Labute approximate surface area is 167 Å². The van der Waals surface area contributed by atoms with Gasteiger partial charge in [0.25, 0.3) is 0 Å². The maximum atomic E-state index is 11.4. The molecule has 1 aliphatic rings. The van der Waals surface area contributed by atoms with Crippen LogP contribution >= 0.6 is 0 Å². The molecule has 2 aromatic rings. The van der Waals surface area contributed by atoms with Crippen molar-refractivity contribution in [2.45, 2.75) is 39.2 Å². The minimum atomic E-state index is -0.361. The molecule has 0 N–H and O–H groups in total. The number of ether oxygens (including phenoxy) is 1. The van der Waals surface area contributed by atoms with Crippen molar-refractivity contribution in [1.29, 1.82) is 0 Å². The Balaban J connectivity index is 0.000000209. The van der Waals surface area contributed by atoms with Crippen LogP contribution in [-0.2, 0) is 9.53 Å². The van der Waals surface area contributed by atoms with E-state index in [4.69, 9.17) is 4.74 Å². The van der Waals surface area contributed by atoms with Crippen molar-refractivity contribution in [2.75, 3.05) is 25.0 Å². The average molecular weight is 383 g/mol. The summed E-state index contributed by atoms with van der Waals surface area (Å²) in [5, 5.41) is 0. The maximum absolute atomic E-state index is 11.4. The second-order valence-corrected chi connectivity index (χ2v) is 7.66. The summed E-state index contributed by atoms with van der Waals surface area (Å²) < 4.78 is 5.21. The molecular formula is C22H29N3O3. The molecule has 0 spiro atoms. The molecule has 6 nitrogen and oxygen atoms in total. The van der Waals surface area contributed by atoms with Gasteiger partial charge < -0.3 is 14.5 Å². The minimum Gasteiger partial charge on any atom is -0.444 e. The molecule has 0 bridgehead atoms. The fraction of sp³-hybridized carbons (Fsp3) is 0.409. The first-order chi connectivity index (χ1) is 13.3. The average Bonchev–Trinajstić information content (AvgIpc) is 3.22. The number of hydrogen-bond donors (Lipinski definition) is 0. The van der Waals surface area contributed by atoms with Crippen LogP contribution < -0.4 is 4.90 Å². The number of carbonyl (C=O) groups excluding carboxylic acids is 2. The van der Waals surface area contributed by atoms with Crippen molar-refractivity contribution in [1.82, 2.24) is 9.88 Å². The molecule has 0 atom stereocenters. The van der Waals surface area contributed by atoms with Crippen molar-refractivity contribution >= 4 is 18.3 Å². The van der Waals surface area contributed by atoms with Crippen LogP contribution in [0.15, 0.2) is 48.7 Å². The first kappa shape index (κ1) is 21.4. The van der Waals surface area contributed by atoms with E-state index in [9.17, 15) is 9.59 Å². The molecule has 1 aromatic heterocycles. The number of rotatable bonds is 3. The molecule has 2 amide bonds. The summed E-state index contributed by atoms with van der Waals surface area (Å²) in [5.41, 5.74) is 1.81. The summed E-state index contributed by atoms with van der Waals surface area (Å²) in [7, 11) is 1.68. The highest BCUT2D eigenvalue weighted by molar-refractivity contribution is 5.75. The summed E-state index contributed by atoms with van der Waals surface area (Å²) in [6, 6.07) is 13.8. The topological polar surface area (TPSA) is 62.7 Å². The Morgan fingerprint density at radius 3 is 2.32 bits per heavy atom. The lowest BCUT2D eigenvalue weighted by Gasteiger charge is -2.23. The van der Waals surface area contributed by atoms with E-state index in [0.29, 0.717) is 5.82 Å². The van der Waals surface area contributed by atoms with E-state index in [1.165, 1.54) is 4.90 Å². The predicted molar refractivity (Wildman–Crippen MR) is 111 cm³/mol. The summed E-state index contributed by atoms with van der Waals surface area (Å²) in [5.74, 6) is 0.649. The van der Waals surface area contributed by atoms with E-state index in [1.54, 1.807) is 18.1 Å². The Kier molecular flexibility index (Phi) is 7.55. The molecule has 3 rings (SSSR count). The highest BCUT2D eigenvalue weighted by Crippen LogP contribution is 2.21. The third kappa shape index (κ3) is 6.68. The SMILES string of the molecule is CC(C)(C)OC(=O)N1CCCC1.CN(C=O)c1cc(-c2ccccc2)ccn1. The number of likely N-dealkylation sites (tertiary alicyclic amines) is 1. The number of amides is 2. The van der Waals surface area contributed by atoms with Crippen LogP contribution in [0.3, 0.4) is 0 Å². The largest absolute Gasteiger partial charge is 0.444 e. The lowest BCUT2D eigenvalue weighted by atomic mass is 10.1. The molecule has 1 aliphatic heterocycles. The van der Waals surface area contributed by atoms with Gasteiger partial charge in [0.2, 0.25) is 6.41 Å². The monoisotopic (exact) mass is 383 g/mol. The Morgan fingerprint density at radius 2 is 1.75 bits per heavy atom. The second-order valence-electron chi connectivity index (χ2n) is 7.66. The summed E-state index contributed by atoms with van der Waals surface area (Å²) in [4.78, 5) is 29.4. The molecule has 1 aromatic carbocycles. The van der Waals surface area contributed by atoms with Gasteiger partial charge in [-0.15, -0.1) is 0 Å². The summed E-state index contributed by atoms with van der Waals surface area (Å²) in [6.07, 6.45) is 4.51. The van der Waals surface area contributed by atoms with Gasteiger partial charge >= 0.3 is 6.09 Å². The molecule has 6 heteroatoms. The van der Waals surface area contributed by atoms with Crippen LogP contribution in [0.5, 0.6) is 0 Å². The van der Waals surface area contributed by atoms with Crippen molar-refractivity contribution < 1.29 is 14.3 Å². The second kappa shape index (κ2) is 9.88. The Hall–Kier alpha value is -2.89. The molecule has 0 radical (unpaired) electrons. The fourth-order valence-electron chi connectivity index (χ4n) is 2.70. The summed E-state index contributed by atoms with van der Waals surface area (Å²) >= 11 is 0. The van der Waals surface area contributed by atoms with Crippen LogP contribution in [0.1, 0.15) is 33.6 Å². The van der Waals surface area contributed by atoms with Gasteiger partial charge in [0.15, 0.2) is 0 Å². The van der Waals surface area contributed by atoms with E-state index in [-0.39, 0.29) is 11.7 Å². The lowest BCUT2D eigenvalue weighted by Crippen LogP contribution is -2.34. The van der Waals surface area contributed by atoms with Crippen molar-refractivity contribution in [3.63, 3.8) is 0 Å². The van der Waals surface area contributed by atoms with Crippen LogP contribution in [-0.4, -0.2) is 48.1 Å². The van der Waals surface area contributed by atoms with E-state index < -0.39 is 0 Å². The maximum Gasteiger partial charge on any atom is 0.410 e. The van der Waals surface area contributed by atoms with Crippen LogP contribution in [0.4, 0.5) is 10.6 Å². The van der Waals surface area contributed by atoms with E-state index in [0.717, 1.165) is 43.5 Å². The number of carbonyl (C=O) groups is 2. The molecule has 0 unspecified atom stereocenters. The summed E-state index contributed by atoms with van der Waals surface area (Å²) in [6.45, 7) is 7.38. The van der Waals surface area contributed by atoms with Gasteiger partial charge in [-0.2, -0.15) is 0 Å². The molecular weight excluding hydrogens is 354 g/mol. The Morgan fingerprint density at radius 1 is 1.11 bits per heavy atom. The zero-order valence-corrected chi connectivity index (χ0v) is 17.1. The third-order valence-corrected chi connectivity index (χ3v) is 4.13. The number of nitrogens with zero attached hydrogens (tertiary/aromatic N) is 3. The van der Waals surface area contributed by atoms with Gasteiger partial charge in [-0.05, 0) is 56.9 Å². The molecule has 150 valence electrons. The smallest absolute Gasteiger partial charge is 0.410 e. The molecule has 2 heterocycles. The quantitative estimate of drug-likeness (QED) is 0.739. The van der Waals surface area contributed by atoms with Crippen LogP contribution in [0, 0.1) is 0 Å². The number of hydrogen-bond acceptors (Lipinski definition) is 4. The van der Waals surface area contributed by atoms with E-state index >= 15 is 0 Å². The predicted octanol–water partition coefficient (Wildman–Crippen LogP) is 4.36. The molecule has 1 fully saturated rings. The third-order valence-electron chi connectivity index (χ3n) is 4.13. The Bertz CT molecular complexity index is 766.